The normalized spacial score (nSPS) is 11.8. The van der Waals surface area contributed by atoms with E-state index in [0.29, 0.717) is 49.8 Å². The molecule has 6 N–H and O–H groups in total. The Morgan fingerprint density at radius 1 is 1.03 bits per heavy atom. The zero-order valence-electron chi connectivity index (χ0n) is 21.8. The minimum Gasteiger partial charge on any atom is -0.508 e. The van der Waals surface area contributed by atoms with Crippen molar-refractivity contribution in [2.24, 2.45) is 5.73 Å². The van der Waals surface area contributed by atoms with Gasteiger partial charge in [-0.1, -0.05) is 31.0 Å². The van der Waals surface area contributed by atoms with Crippen LogP contribution in [0.3, 0.4) is 0 Å². The van der Waals surface area contributed by atoms with E-state index in [2.05, 4.69) is 5.32 Å². The highest BCUT2D eigenvalue weighted by Gasteiger charge is 2.16. The molecule has 38 heavy (non-hydrogen) atoms. The van der Waals surface area contributed by atoms with E-state index in [9.17, 15) is 24.9 Å². The lowest BCUT2D eigenvalue weighted by Crippen LogP contribution is -2.37. The van der Waals surface area contributed by atoms with E-state index in [0.717, 1.165) is 42.9 Å². The second-order valence-electron chi connectivity index (χ2n) is 8.73. The fraction of sp³-hybridized carbons (Fsp3) is 0.481. The number of aromatic hydroxyl groups is 1. The number of anilines is 1. The highest BCUT2D eigenvalue weighted by molar-refractivity contribution is 5.90. The lowest BCUT2D eigenvalue weighted by Gasteiger charge is -2.18. The van der Waals surface area contributed by atoms with Crippen LogP contribution in [-0.4, -0.2) is 60.2 Å². The first kappa shape index (κ1) is 31.0. The highest BCUT2D eigenvalue weighted by atomic mass is 16.7. The molecule has 0 bridgehead atoms. The van der Waals surface area contributed by atoms with Crippen molar-refractivity contribution in [3.05, 3.63) is 59.2 Å². The van der Waals surface area contributed by atoms with Gasteiger partial charge in [0, 0.05) is 25.6 Å². The predicted octanol–water partition coefficient (Wildman–Crippen LogP) is 2.66. The molecular formula is C27H39N3O8. The number of rotatable bonds is 17. The summed E-state index contributed by atoms with van der Waals surface area (Å²) in [5, 5.41) is 33.0. The first-order valence-corrected chi connectivity index (χ1v) is 12.7. The Bertz CT molecular complexity index is 1000. The van der Waals surface area contributed by atoms with Gasteiger partial charge in [-0.15, -0.1) is 5.06 Å². The van der Waals surface area contributed by atoms with Crippen LogP contribution in [0.2, 0.25) is 0 Å². The molecule has 0 aliphatic rings. The molecule has 0 aliphatic heterocycles. The van der Waals surface area contributed by atoms with Crippen LogP contribution in [0, 0.1) is 0 Å². The monoisotopic (exact) mass is 533 g/mol. The number of nitrogens with one attached hydrogen (secondary N) is 1. The van der Waals surface area contributed by atoms with Crippen molar-refractivity contribution in [3.63, 3.8) is 0 Å². The summed E-state index contributed by atoms with van der Waals surface area (Å²) in [6, 6.07) is 10.6. The molecule has 0 heterocycles. The van der Waals surface area contributed by atoms with Gasteiger partial charge in [-0.25, -0.2) is 9.59 Å². The van der Waals surface area contributed by atoms with Gasteiger partial charge < -0.3 is 40.7 Å². The van der Waals surface area contributed by atoms with Gasteiger partial charge in [0.2, 0.25) is 0 Å². The minimum atomic E-state index is -0.898. The maximum absolute atomic E-state index is 11.5. The third-order valence-corrected chi connectivity index (χ3v) is 5.59. The van der Waals surface area contributed by atoms with Crippen molar-refractivity contribution in [2.75, 3.05) is 38.0 Å². The molecule has 2 amide bonds. The maximum atomic E-state index is 11.5. The van der Waals surface area contributed by atoms with Crippen LogP contribution >= 0.6 is 0 Å². The van der Waals surface area contributed by atoms with Gasteiger partial charge in [-0.05, 0) is 54.8 Å². The predicted molar refractivity (Wildman–Crippen MR) is 141 cm³/mol. The van der Waals surface area contributed by atoms with E-state index in [1.165, 1.54) is 13.0 Å². The zero-order chi connectivity index (χ0) is 27.8. The molecular weight excluding hydrogens is 494 g/mol. The molecule has 1 atom stereocenters. The van der Waals surface area contributed by atoms with Gasteiger partial charge in [0.15, 0.2) is 0 Å². The molecule has 0 fully saturated rings. The van der Waals surface area contributed by atoms with Gasteiger partial charge in [-0.2, -0.15) is 0 Å². The Balaban J connectivity index is 1.48. The van der Waals surface area contributed by atoms with Crippen LogP contribution in [0.1, 0.15) is 55.4 Å². The van der Waals surface area contributed by atoms with Gasteiger partial charge >= 0.3 is 12.0 Å². The van der Waals surface area contributed by atoms with Crippen molar-refractivity contribution in [1.29, 1.82) is 0 Å². The summed E-state index contributed by atoms with van der Waals surface area (Å²) < 4.78 is 11.2. The maximum Gasteiger partial charge on any atom is 0.352 e. The molecule has 0 saturated carbocycles. The van der Waals surface area contributed by atoms with Gasteiger partial charge in [0.1, 0.15) is 5.75 Å². The number of benzene rings is 2. The number of primary amides is 1. The van der Waals surface area contributed by atoms with E-state index in [1.54, 1.807) is 30.3 Å². The van der Waals surface area contributed by atoms with Gasteiger partial charge in [0.25, 0.3) is 0 Å². The van der Waals surface area contributed by atoms with Crippen molar-refractivity contribution in [3.8, 4) is 5.75 Å². The average Bonchev–Trinajstić information content (AvgIpc) is 2.90. The van der Waals surface area contributed by atoms with E-state index < -0.39 is 18.1 Å². The Morgan fingerprint density at radius 3 is 2.53 bits per heavy atom. The second kappa shape index (κ2) is 17.3. The molecule has 0 saturated heterocycles. The lowest BCUT2D eigenvalue weighted by molar-refractivity contribution is -0.141. The zero-order valence-corrected chi connectivity index (χ0v) is 21.8. The number of nitrogens with zero attached hydrogens (tertiary/aromatic N) is 1. The summed E-state index contributed by atoms with van der Waals surface area (Å²) in [7, 11) is 0. The van der Waals surface area contributed by atoms with Crippen LogP contribution in [0.25, 0.3) is 0 Å². The van der Waals surface area contributed by atoms with E-state index in [1.807, 2.05) is 6.07 Å². The standard InChI is InChI=1S/C27H39N3O8/c1-20(32)38-30(27(28)35)24-8-6-7-21(15-24)19-37-14-13-36-12-5-3-2-4-11-29-17-26(34)22-9-10-25(33)23(16-22)18-31/h6-10,15-16,26,29,31,33-34H,2-5,11-14,17-19H2,1H3,(H2,28,35)/t26-/m1/s1. The SMILES string of the molecule is CC(=O)ON(C(N)=O)c1cccc(COCCOCCCCCCNC[C@@H](O)c2ccc(O)c(CO)c2)c1. The average molecular weight is 534 g/mol. The Hall–Kier alpha value is -3.22. The number of hydroxylamine groups is 1. The van der Waals surface area contributed by atoms with Crippen molar-refractivity contribution < 1.29 is 39.2 Å². The number of carbonyl (C=O) groups excluding carboxylic acids is 2. The summed E-state index contributed by atoms with van der Waals surface area (Å²) in [4.78, 5) is 27.5. The fourth-order valence-corrected chi connectivity index (χ4v) is 3.64. The number of hydrogen-bond donors (Lipinski definition) is 5. The molecule has 210 valence electrons. The largest absolute Gasteiger partial charge is 0.508 e. The molecule has 2 rings (SSSR count). The smallest absolute Gasteiger partial charge is 0.352 e. The molecule has 0 aromatic heterocycles. The first-order valence-electron chi connectivity index (χ1n) is 12.7. The van der Waals surface area contributed by atoms with Crippen LogP contribution in [-0.2, 0) is 32.3 Å². The topological polar surface area (TPSA) is 164 Å². The summed E-state index contributed by atoms with van der Waals surface area (Å²) in [5.41, 5.74) is 7.45. The molecule has 2 aromatic rings. The third kappa shape index (κ3) is 11.4. The quantitative estimate of drug-likeness (QED) is 0.152. The number of ether oxygens (including phenoxy) is 2. The number of carbonyl (C=O) groups is 2. The number of aliphatic hydroxyl groups is 2. The van der Waals surface area contributed by atoms with Crippen LogP contribution in [0.5, 0.6) is 5.75 Å². The number of amides is 2. The van der Waals surface area contributed by atoms with Crippen LogP contribution in [0.4, 0.5) is 10.5 Å². The van der Waals surface area contributed by atoms with Gasteiger partial charge in [-0.3, -0.25) is 0 Å². The lowest BCUT2D eigenvalue weighted by atomic mass is 10.1. The number of phenols is 1. The first-order chi connectivity index (χ1) is 18.3. The number of nitrogens with two attached hydrogens (primary N) is 1. The molecule has 0 aliphatic carbocycles. The molecule has 0 spiro atoms. The number of unbranched alkanes of at least 4 members (excludes halogenated alkanes) is 3. The summed E-state index contributed by atoms with van der Waals surface area (Å²) in [6.07, 6.45) is 3.31. The van der Waals surface area contributed by atoms with Crippen molar-refractivity contribution >= 4 is 17.7 Å². The Labute approximate surface area is 223 Å². The number of aliphatic hydroxyl groups excluding tert-OH is 2. The highest BCUT2D eigenvalue weighted by Crippen LogP contribution is 2.22. The second-order valence-corrected chi connectivity index (χ2v) is 8.73. The third-order valence-electron chi connectivity index (χ3n) is 5.59. The molecule has 0 unspecified atom stereocenters. The fourth-order valence-electron chi connectivity index (χ4n) is 3.64. The number of urea groups is 1. The Morgan fingerprint density at radius 2 is 1.79 bits per heavy atom. The molecule has 0 radical (unpaired) electrons. The van der Waals surface area contributed by atoms with Crippen LogP contribution in [0.15, 0.2) is 42.5 Å². The molecule has 11 heteroatoms. The number of hydrogen-bond acceptors (Lipinski definition) is 9. The molecule has 11 nitrogen and oxygen atoms in total. The summed E-state index contributed by atoms with van der Waals surface area (Å²) in [5.74, 6) is -0.633. The van der Waals surface area contributed by atoms with Crippen molar-refractivity contribution in [2.45, 2.75) is 51.9 Å². The van der Waals surface area contributed by atoms with Gasteiger partial charge in [0.05, 0.1) is 38.2 Å². The summed E-state index contributed by atoms with van der Waals surface area (Å²) in [6.45, 7) is 3.94. The van der Waals surface area contributed by atoms with E-state index >= 15 is 0 Å². The summed E-state index contributed by atoms with van der Waals surface area (Å²) >= 11 is 0. The van der Waals surface area contributed by atoms with E-state index in [4.69, 9.17) is 20.0 Å². The Kier molecular flexibility index (Phi) is 14.1. The van der Waals surface area contributed by atoms with Crippen molar-refractivity contribution in [1.82, 2.24) is 5.32 Å². The van der Waals surface area contributed by atoms with Crippen LogP contribution < -0.4 is 16.1 Å². The molecule has 2 aromatic carbocycles. The van der Waals surface area contributed by atoms with E-state index in [-0.39, 0.29) is 12.4 Å². The minimum absolute atomic E-state index is 0.0206.